The van der Waals surface area contributed by atoms with Gasteiger partial charge in [-0.2, -0.15) is 0 Å². The van der Waals surface area contributed by atoms with Crippen molar-refractivity contribution in [2.24, 2.45) is 5.92 Å². The van der Waals surface area contributed by atoms with E-state index < -0.39 is 0 Å². The topological polar surface area (TPSA) is 3.24 Å². The molecule has 1 nitrogen and oxygen atoms in total. The van der Waals surface area contributed by atoms with E-state index in [0.29, 0.717) is 0 Å². The second kappa shape index (κ2) is 7.69. The van der Waals surface area contributed by atoms with E-state index in [4.69, 9.17) is 0 Å². The van der Waals surface area contributed by atoms with Crippen molar-refractivity contribution in [1.29, 1.82) is 0 Å². The normalized spacial score (nSPS) is 18.4. The van der Waals surface area contributed by atoms with Gasteiger partial charge in [0.2, 0.25) is 0 Å². The van der Waals surface area contributed by atoms with Gasteiger partial charge in [-0.25, -0.2) is 0 Å². The summed E-state index contributed by atoms with van der Waals surface area (Å²) >= 11 is 0. The first-order chi connectivity index (χ1) is 9.24. The Kier molecular flexibility index (Phi) is 5.91. The zero-order chi connectivity index (χ0) is 13.5. The zero-order valence-corrected chi connectivity index (χ0v) is 12.7. The molecule has 0 amide bonds. The summed E-state index contributed by atoms with van der Waals surface area (Å²) in [6.45, 7) is 8.56. The average molecular weight is 259 g/mol. The van der Waals surface area contributed by atoms with E-state index in [0.717, 1.165) is 5.92 Å². The molecule has 1 saturated heterocycles. The van der Waals surface area contributed by atoms with Crippen LogP contribution in [-0.4, -0.2) is 24.5 Å². The van der Waals surface area contributed by atoms with Crippen LogP contribution in [0.5, 0.6) is 0 Å². The molecule has 106 valence electrons. The summed E-state index contributed by atoms with van der Waals surface area (Å²) in [5.41, 5.74) is 2.86. The first-order valence-electron chi connectivity index (χ1n) is 8.02. The summed E-state index contributed by atoms with van der Waals surface area (Å²) in [4.78, 5) is 2.67. The fourth-order valence-electron chi connectivity index (χ4n) is 3.08. The van der Waals surface area contributed by atoms with Crippen molar-refractivity contribution in [3.05, 3.63) is 35.4 Å². The lowest BCUT2D eigenvalue weighted by atomic mass is 9.99. The fourth-order valence-corrected chi connectivity index (χ4v) is 3.08. The van der Waals surface area contributed by atoms with Crippen LogP contribution in [0.4, 0.5) is 0 Å². The van der Waals surface area contributed by atoms with Gasteiger partial charge in [-0.3, -0.25) is 0 Å². The lowest BCUT2D eigenvalue weighted by molar-refractivity contribution is 0.196. The van der Waals surface area contributed by atoms with Gasteiger partial charge in [0.15, 0.2) is 0 Å². The summed E-state index contributed by atoms with van der Waals surface area (Å²) in [5.74, 6) is 0.851. The molecule has 1 aliphatic heterocycles. The summed E-state index contributed by atoms with van der Waals surface area (Å²) in [5, 5.41) is 0. The predicted octanol–water partition coefficient (Wildman–Crippen LogP) is 4.44. The molecule has 1 unspecified atom stereocenters. The smallest absolute Gasteiger partial charge is 0.000702 e. The number of piperidine rings is 1. The van der Waals surface area contributed by atoms with Gasteiger partial charge in [0.05, 0.1) is 0 Å². The van der Waals surface area contributed by atoms with Crippen molar-refractivity contribution in [2.45, 2.75) is 52.4 Å². The standard InChI is InChI=1S/C18H29N/c1-16-9-11-18(12-10-16)8-6-7-17(2)15-19-13-4-3-5-14-19/h9-12,17H,3-8,13-15H2,1-2H3. The maximum atomic E-state index is 2.67. The molecule has 1 atom stereocenters. The summed E-state index contributed by atoms with van der Waals surface area (Å²) < 4.78 is 0. The quantitative estimate of drug-likeness (QED) is 0.730. The first-order valence-corrected chi connectivity index (χ1v) is 8.02. The molecule has 0 saturated carbocycles. The van der Waals surface area contributed by atoms with Crippen molar-refractivity contribution in [2.75, 3.05) is 19.6 Å². The van der Waals surface area contributed by atoms with Crippen molar-refractivity contribution in [3.8, 4) is 0 Å². The second-order valence-corrected chi connectivity index (χ2v) is 6.34. The average Bonchev–Trinajstić information content (AvgIpc) is 2.42. The molecule has 0 aliphatic carbocycles. The second-order valence-electron chi connectivity index (χ2n) is 6.34. The maximum Gasteiger partial charge on any atom is 0.000702 e. The number of likely N-dealkylation sites (tertiary alicyclic amines) is 1. The van der Waals surface area contributed by atoms with E-state index in [9.17, 15) is 0 Å². The minimum Gasteiger partial charge on any atom is -0.303 e. The molecule has 19 heavy (non-hydrogen) atoms. The van der Waals surface area contributed by atoms with Crippen LogP contribution in [0.3, 0.4) is 0 Å². The first kappa shape index (κ1) is 14.6. The molecule has 1 fully saturated rings. The molecule has 1 aromatic carbocycles. The molecule has 1 aliphatic rings. The Balaban J connectivity index is 1.63. The number of hydrogen-bond acceptors (Lipinski definition) is 1. The molecular formula is C18H29N. The molecule has 0 N–H and O–H groups in total. The Bertz CT molecular complexity index is 348. The molecule has 2 rings (SSSR count). The van der Waals surface area contributed by atoms with Gasteiger partial charge in [-0.05, 0) is 63.6 Å². The molecular weight excluding hydrogens is 230 g/mol. The van der Waals surface area contributed by atoms with Crippen LogP contribution in [0, 0.1) is 12.8 Å². The van der Waals surface area contributed by atoms with E-state index in [-0.39, 0.29) is 0 Å². The van der Waals surface area contributed by atoms with Crippen LogP contribution in [-0.2, 0) is 6.42 Å². The van der Waals surface area contributed by atoms with Crippen LogP contribution in [0.25, 0.3) is 0 Å². The van der Waals surface area contributed by atoms with Gasteiger partial charge < -0.3 is 4.90 Å². The number of benzene rings is 1. The van der Waals surface area contributed by atoms with Crippen LogP contribution < -0.4 is 0 Å². The molecule has 1 aromatic rings. The molecule has 1 heterocycles. The number of aryl methyl sites for hydroxylation is 2. The summed E-state index contributed by atoms with van der Waals surface area (Å²) in [6.07, 6.45) is 8.21. The highest BCUT2D eigenvalue weighted by Crippen LogP contribution is 2.15. The van der Waals surface area contributed by atoms with Gasteiger partial charge in [-0.1, -0.05) is 43.2 Å². The fraction of sp³-hybridized carbons (Fsp3) is 0.667. The third kappa shape index (κ3) is 5.36. The number of nitrogens with zero attached hydrogens (tertiary/aromatic N) is 1. The molecule has 1 heteroatoms. The van der Waals surface area contributed by atoms with E-state index in [1.165, 1.54) is 69.3 Å². The van der Waals surface area contributed by atoms with Crippen LogP contribution in [0.1, 0.15) is 50.2 Å². The van der Waals surface area contributed by atoms with Crippen LogP contribution in [0.15, 0.2) is 24.3 Å². The Hall–Kier alpha value is -0.820. The van der Waals surface area contributed by atoms with Gasteiger partial charge in [0, 0.05) is 6.54 Å². The van der Waals surface area contributed by atoms with Crippen molar-refractivity contribution >= 4 is 0 Å². The Morgan fingerprint density at radius 2 is 1.74 bits per heavy atom. The van der Waals surface area contributed by atoms with Crippen LogP contribution in [0.2, 0.25) is 0 Å². The molecule has 0 aromatic heterocycles. The van der Waals surface area contributed by atoms with E-state index in [2.05, 4.69) is 43.0 Å². The lowest BCUT2D eigenvalue weighted by Crippen LogP contribution is -2.33. The van der Waals surface area contributed by atoms with Gasteiger partial charge in [0.1, 0.15) is 0 Å². The lowest BCUT2D eigenvalue weighted by Gasteiger charge is -2.29. The highest BCUT2D eigenvalue weighted by Gasteiger charge is 2.13. The van der Waals surface area contributed by atoms with Crippen molar-refractivity contribution in [1.82, 2.24) is 4.90 Å². The number of hydrogen-bond donors (Lipinski definition) is 0. The maximum absolute atomic E-state index is 2.67. The third-order valence-corrected chi connectivity index (χ3v) is 4.30. The van der Waals surface area contributed by atoms with Gasteiger partial charge >= 0.3 is 0 Å². The van der Waals surface area contributed by atoms with Gasteiger partial charge in [0.25, 0.3) is 0 Å². The SMILES string of the molecule is Cc1ccc(CCCC(C)CN2CCCCC2)cc1. The molecule has 0 bridgehead atoms. The van der Waals surface area contributed by atoms with E-state index in [1.807, 2.05) is 0 Å². The third-order valence-electron chi connectivity index (χ3n) is 4.30. The minimum atomic E-state index is 0.851. The Morgan fingerprint density at radius 3 is 2.42 bits per heavy atom. The Morgan fingerprint density at radius 1 is 1.05 bits per heavy atom. The van der Waals surface area contributed by atoms with Crippen molar-refractivity contribution < 1.29 is 0 Å². The van der Waals surface area contributed by atoms with Crippen molar-refractivity contribution in [3.63, 3.8) is 0 Å². The molecule has 0 spiro atoms. The highest BCUT2D eigenvalue weighted by atomic mass is 15.1. The summed E-state index contributed by atoms with van der Waals surface area (Å²) in [7, 11) is 0. The van der Waals surface area contributed by atoms with Crippen LogP contribution >= 0.6 is 0 Å². The predicted molar refractivity (Wildman–Crippen MR) is 83.6 cm³/mol. The summed E-state index contributed by atoms with van der Waals surface area (Å²) in [6, 6.07) is 9.02. The van der Waals surface area contributed by atoms with E-state index in [1.54, 1.807) is 0 Å². The highest BCUT2D eigenvalue weighted by molar-refractivity contribution is 5.21. The molecule has 0 radical (unpaired) electrons. The monoisotopic (exact) mass is 259 g/mol. The minimum absolute atomic E-state index is 0.851. The largest absolute Gasteiger partial charge is 0.303 e. The zero-order valence-electron chi connectivity index (χ0n) is 12.7. The van der Waals surface area contributed by atoms with E-state index >= 15 is 0 Å². The Labute approximate surface area is 119 Å². The number of rotatable bonds is 6. The van der Waals surface area contributed by atoms with Gasteiger partial charge in [-0.15, -0.1) is 0 Å².